The Balaban J connectivity index is 0.655. The molecule has 16 saturated heterocycles. The van der Waals surface area contributed by atoms with E-state index in [0.717, 1.165) is 49.7 Å². The van der Waals surface area contributed by atoms with Gasteiger partial charge in [0, 0.05) is 70.1 Å². The number of ether oxygens (including phenoxy) is 15. The standard InChI is InChI=1S/C60H86O19/c1-26-13-33-7-9-37-27(2)14-35(65-37)11-12-58-23-46-54(78-58)55-56(72-46)57(79-58)53-38(69-55)10-8-34(67-53)16-48(64)73-52-31(6)51-43(68-42(52)17-39(66-33)30(26)5)19-41-45(71-51)22-60(74-41)24-47-50(77-60)29(4)21-59(76-47)20-28(3)49-44(75-59)18-40(70-49)36(63)15-32(62)25-61/h26,28-29,31-47,49-57,61-63H,2,5,7-25H2,1,3-4,6H3/t26-,28+,29+,31+,32-,33+,34-,35+,36+,37+,38+,39-,40+,41-,42+,43+,44+,45-,46-,47+,49+,50+,51+,52-,53+,54+,55+,56-,57+,58+,59-,60+/m1/s1. The maximum absolute atomic E-state index is 14.6. The second-order valence-corrected chi connectivity index (χ2v) is 27.5. The molecule has 16 fully saturated rings. The maximum Gasteiger partial charge on any atom is 0.308 e. The van der Waals surface area contributed by atoms with Gasteiger partial charge in [-0.25, -0.2) is 0 Å². The average molecular weight is 1110 g/mol. The van der Waals surface area contributed by atoms with Crippen molar-refractivity contribution in [2.45, 2.75) is 313 Å². The first-order chi connectivity index (χ1) is 38.0. The molecule has 19 heteroatoms. The SMILES string of the molecule is C=C1C[C@@H]2CC[C@@]34C[C@H]5O[C@H]6[C@@H](O3)[C@H]3O[C@H](CC[C@@H]3O[C@H]6[C@H]5O4)CC(=O)O[C@@H]3[C@@H](C)[C@@H]4O[C@@H]5C[C@]6(C[C@@H]7O[C@]8(C[C@H](C)[C@@H]9O[C@H]([C@@H](O)C[C@@H](O)CO)C[C@@H]9O8)C[C@H](C)[C@@H]7O6)O[C@@H]5C[C@@H]4O[C@H]3C[C@H]3O[C@@H](CC[C@@H]1O2)C[C@@H](C)C3=C. The van der Waals surface area contributed by atoms with Gasteiger partial charge in [-0.2, -0.15) is 0 Å². The van der Waals surface area contributed by atoms with Crippen LogP contribution in [0.1, 0.15) is 143 Å². The summed E-state index contributed by atoms with van der Waals surface area (Å²) in [4.78, 5) is 14.6. The molecule has 3 spiro atoms. The first-order valence-corrected chi connectivity index (χ1v) is 30.8. The first-order valence-electron chi connectivity index (χ1n) is 30.8. The van der Waals surface area contributed by atoms with E-state index in [-0.39, 0.29) is 146 Å². The largest absolute Gasteiger partial charge is 0.459 e. The zero-order valence-corrected chi connectivity index (χ0v) is 46.5. The molecule has 12 bridgehead atoms. The van der Waals surface area contributed by atoms with E-state index in [1.807, 2.05) is 0 Å². The third-order valence-electron chi connectivity index (χ3n) is 21.9. The third-order valence-corrected chi connectivity index (χ3v) is 21.9. The van der Waals surface area contributed by atoms with Gasteiger partial charge in [-0.3, -0.25) is 4.79 Å². The number of aliphatic hydroxyl groups is 3. The number of hydrogen-bond acceptors (Lipinski definition) is 19. The number of rotatable bonds is 4. The molecule has 0 radical (unpaired) electrons. The Labute approximate surface area is 463 Å². The van der Waals surface area contributed by atoms with Gasteiger partial charge < -0.3 is 86.4 Å². The summed E-state index contributed by atoms with van der Waals surface area (Å²) in [6.07, 6.45) is 2.17. The normalized spacial score (nSPS) is 57.2. The molecule has 16 aliphatic rings. The lowest BCUT2D eigenvalue weighted by atomic mass is 9.79. The van der Waals surface area contributed by atoms with E-state index in [9.17, 15) is 20.1 Å². The van der Waals surface area contributed by atoms with Crippen LogP contribution < -0.4 is 0 Å². The highest BCUT2D eigenvalue weighted by Crippen LogP contribution is 2.58. The molecule has 0 aromatic carbocycles. The Morgan fingerprint density at radius 3 is 2.03 bits per heavy atom. The Morgan fingerprint density at radius 2 is 1.18 bits per heavy atom. The van der Waals surface area contributed by atoms with Crippen LogP contribution in [0.4, 0.5) is 0 Å². The van der Waals surface area contributed by atoms with E-state index in [0.29, 0.717) is 64.2 Å². The van der Waals surface area contributed by atoms with E-state index in [4.69, 9.17) is 71.1 Å². The molecule has 19 nitrogen and oxygen atoms in total. The number of esters is 1. The fourth-order valence-corrected chi connectivity index (χ4v) is 18.2. The topological polar surface area (TPSA) is 216 Å². The van der Waals surface area contributed by atoms with Gasteiger partial charge in [-0.05, 0) is 73.8 Å². The Morgan fingerprint density at radius 1 is 0.506 bits per heavy atom. The summed E-state index contributed by atoms with van der Waals surface area (Å²) in [5, 5.41) is 30.3. The van der Waals surface area contributed by atoms with Gasteiger partial charge in [0.15, 0.2) is 17.4 Å². The highest BCUT2D eigenvalue weighted by atomic mass is 16.8. The molecule has 0 saturated carbocycles. The van der Waals surface area contributed by atoms with Gasteiger partial charge in [0.05, 0.1) is 129 Å². The second-order valence-electron chi connectivity index (χ2n) is 27.5. The molecular weight excluding hydrogens is 1020 g/mol. The van der Waals surface area contributed by atoms with Gasteiger partial charge in [-0.15, -0.1) is 0 Å². The summed E-state index contributed by atoms with van der Waals surface area (Å²) in [6, 6.07) is 0. The molecule has 16 heterocycles. The van der Waals surface area contributed by atoms with Crippen molar-refractivity contribution in [3.05, 3.63) is 24.3 Å². The summed E-state index contributed by atoms with van der Waals surface area (Å²) >= 11 is 0. The highest BCUT2D eigenvalue weighted by molar-refractivity contribution is 5.70. The van der Waals surface area contributed by atoms with E-state index in [1.165, 1.54) is 0 Å². The van der Waals surface area contributed by atoms with Gasteiger partial charge in [0.2, 0.25) is 0 Å². The Bertz CT molecular complexity index is 2340. The minimum absolute atomic E-state index is 0.0143. The van der Waals surface area contributed by atoms with Crippen molar-refractivity contribution in [1.82, 2.24) is 0 Å². The monoisotopic (exact) mass is 1110 g/mol. The lowest BCUT2D eigenvalue weighted by Crippen LogP contribution is -2.62. The van der Waals surface area contributed by atoms with Crippen LogP contribution >= 0.6 is 0 Å². The predicted octanol–water partition coefficient (Wildman–Crippen LogP) is 4.93. The third kappa shape index (κ3) is 9.43. The number of aliphatic hydroxyl groups excluding tert-OH is 3. The van der Waals surface area contributed by atoms with Gasteiger partial charge in [0.25, 0.3) is 0 Å². The predicted molar refractivity (Wildman–Crippen MR) is 274 cm³/mol. The van der Waals surface area contributed by atoms with Crippen LogP contribution in [0.15, 0.2) is 24.3 Å². The number of carbonyl (C=O) groups excluding carboxylic acids is 1. The van der Waals surface area contributed by atoms with Crippen LogP contribution in [0, 0.1) is 23.7 Å². The summed E-state index contributed by atoms with van der Waals surface area (Å²) in [5.74, 6) is -2.77. The average Bonchev–Trinajstić information content (AvgIpc) is 4.25. The molecule has 0 aromatic heterocycles. The van der Waals surface area contributed by atoms with Crippen molar-refractivity contribution in [1.29, 1.82) is 0 Å². The van der Waals surface area contributed by atoms with E-state index < -0.39 is 72.8 Å². The van der Waals surface area contributed by atoms with E-state index in [1.54, 1.807) is 0 Å². The zero-order valence-electron chi connectivity index (χ0n) is 46.5. The van der Waals surface area contributed by atoms with Crippen LogP contribution in [-0.2, 0) is 75.8 Å². The molecular formula is C60H86O19. The van der Waals surface area contributed by atoms with Gasteiger partial charge >= 0.3 is 5.97 Å². The zero-order chi connectivity index (χ0) is 54.0. The van der Waals surface area contributed by atoms with Crippen molar-refractivity contribution in [2.75, 3.05) is 6.61 Å². The fraction of sp³-hybridized carbons (Fsp3) is 0.917. The second kappa shape index (κ2) is 20.2. The summed E-state index contributed by atoms with van der Waals surface area (Å²) in [5.41, 5.74) is 2.15. The van der Waals surface area contributed by atoms with Crippen molar-refractivity contribution < 1.29 is 91.2 Å². The van der Waals surface area contributed by atoms with Crippen molar-refractivity contribution in [3.63, 3.8) is 0 Å². The molecule has 0 aromatic rings. The van der Waals surface area contributed by atoms with Crippen molar-refractivity contribution in [3.8, 4) is 0 Å². The lowest BCUT2D eigenvalue weighted by Gasteiger charge is -2.50. The van der Waals surface area contributed by atoms with Gasteiger partial charge in [-0.1, -0.05) is 40.9 Å². The molecule has 16 rings (SSSR count). The molecule has 440 valence electrons. The fourth-order valence-electron chi connectivity index (χ4n) is 18.2. The maximum atomic E-state index is 14.6. The molecule has 16 aliphatic heterocycles. The Hall–Kier alpha value is -1.73. The number of fused-ring (bicyclic) bond motifs is 10. The molecule has 0 aliphatic carbocycles. The molecule has 0 amide bonds. The summed E-state index contributed by atoms with van der Waals surface area (Å²) < 4.78 is 104. The minimum atomic E-state index is -1.02. The first kappa shape index (κ1) is 54.0. The van der Waals surface area contributed by atoms with Gasteiger partial charge in [0.1, 0.15) is 36.6 Å². The van der Waals surface area contributed by atoms with Crippen molar-refractivity contribution in [2.24, 2.45) is 23.7 Å². The Kier molecular flexibility index (Phi) is 13.8. The smallest absolute Gasteiger partial charge is 0.308 e. The van der Waals surface area contributed by atoms with Crippen LogP contribution in [0.3, 0.4) is 0 Å². The number of hydrogen-bond donors (Lipinski definition) is 3. The van der Waals surface area contributed by atoms with Crippen LogP contribution in [0.2, 0.25) is 0 Å². The quantitative estimate of drug-likeness (QED) is 0.251. The molecule has 79 heavy (non-hydrogen) atoms. The lowest BCUT2D eigenvalue weighted by molar-refractivity contribution is -0.347. The molecule has 32 atom stereocenters. The molecule has 0 unspecified atom stereocenters. The van der Waals surface area contributed by atoms with Crippen LogP contribution in [0.25, 0.3) is 0 Å². The summed E-state index contributed by atoms with van der Waals surface area (Å²) in [6.45, 7) is 17.4. The van der Waals surface area contributed by atoms with Crippen LogP contribution in [0.5, 0.6) is 0 Å². The summed E-state index contributed by atoms with van der Waals surface area (Å²) in [7, 11) is 0. The van der Waals surface area contributed by atoms with E-state index >= 15 is 0 Å². The van der Waals surface area contributed by atoms with Crippen LogP contribution in [-0.4, -0.2) is 198 Å². The number of carbonyl (C=O) groups is 1. The van der Waals surface area contributed by atoms with E-state index in [2.05, 4.69) is 40.9 Å². The highest BCUT2D eigenvalue weighted by Gasteiger charge is 2.70. The minimum Gasteiger partial charge on any atom is -0.459 e. The molecule has 3 N–H and O–H groups in total. The van der Waals surface area contributed by atoms with Crippen molar-refractivity contribution >= 4 is 5.97 Å².